The molecule has 0 spiro atoms. The summed E-state index contributed by atoms with van der Waals surface area (Å²) >= 11 is 0. The first-order valence-corrected chi connectivity index (χ1v) is 7.68. The normalized spacial score (nSPS) is 19.7. The molecule has 2 unspecified atom stereocenters. The summed E-state index contributed by atoms with van der Waals surface area (Å²) in [6.07, 6.45) is 1.75. The van der Waals surface area contributed by atoms with E-state index in [2.05, 4.69) is 10.4 Å². The van der Waals surface area contributed by atoms with Crippen LogP contribution >= 0.6 is 0 Å². The van der Waals surface area contributed by atoms with Gasteiger partial charge in [0.15, 0.2) is 0 Å². The number of aromatic nitrogens is 2. The molecule has 23 heavy (non-hydrogen) atoms. The monoisotopic (exact) mass is 307 g/mol. The molecule has 0 radical (unpaired) electrons. The van der Waals surface area contributed by atoms with Crippen molar-refractivity contribution in [2.45, 2.75) is 25.1 Å². The lowest BCUT2D eigenvalue weighted by molar-refractivity contribution is -0.123. The topological polar surface area (TPSA) is 67.2 Å². The van der Waals surface area contributed by atoms with Gasteiger partial charge in [-0.1, -0.05) is 42.5 Å². The Kier molecular flexibility index (Phi) is 3.35. The molecule has 0 fully saturated rings. The Labute approximate surface area is 133 Å². The molecule has 1 amide bonds. The summed E-state index contributed by atoms with van der Waals surface area (Å²) < 4.78 is 1.68. The fraction of sp³-hybridized carbons (Fsp3) is 0.222. The maximum atomic E-state index is 12.4. The first-order valence-electron chi connectivity index (χ1n) is 7.68. The number of carbonyl (C=O) groups is 1. The second kappa shape index (κ2) is 5.52. The average Bonchev–Trinajstić information content (AvgIpc) is 3.10. The summed E-state index contributed by atoms with van der Waals surface area (Å²) in [4.78, 5) is 12.4. The van der Waals surface area contributed by atoms with E-state index in [1.54, 1.807) is 10.9 Å². The Bertz CT molecular complexity index is 871. The van der Waals surface area contributed by atoms with E-state index in [1.807, 2.05) is 48.5 Å². The summed E-state index contributed by atoms with van der Waals surface area (Å²) in [5.74, 6) is -0.153. The Morgan fingerprint density at radius 1 is 1.22 bits per heavy atom. The molecule has 5 heteroatoms. The average molecular weight is 307 g/mol. The number of aliphatic hydroxyl groups is 1. The SMILES string of the molecule is O=C(Cn1ncc2ccccc21)NC1c2ccccc2CC1O. The molecule has 1 aliphatic carbocycles. The standard InChI is InChI=1S/C18H17N3O2/c22-16-9-12-5-1-3-7-14(12)18(16)20-17(23)11-21-15-8-4-2-6-13(15)10-19-21/h1-8,10,16,18,22H,9,11H2,(H,20,23). The number of benzene rings is 2. The molecule has 0 bridgehead atoms. The van der Waals surface area contributed by atoms with Crippen LogP contribution in [0.1, 0.15) is 17.2 Å². The summed E-state index contributed by atoms with van der Waals surface area (Å²) in [6.45, 7) is 0.138. The van der Waals surface area contributed by atoms with Crippen molar-refractivity contribution in [3.05, 3.63) is 65.9 Å². The third kappa shape index (κ3) is 2.49. The van der Waals surface area contributed by atoms with E-state index in [9.17, 15) is 9.90 Å². The van der Waals surface area contributed by atoms with E-state index in [0.29, 0.717) is 6.42 Å². The lowest BCUT2D eigenvalue weighted by atomic mass is 10.1. The predicted octanol–water partition coefficient (Wildman–Crippen LogP) is 1.81. The molecule has 116 valence electrons. The summed E-state index contributed by atoms with van der Waals surface area (Å²) in [5.41, 5.74) is 3.02. The zero-order valence-corrected chi connectivity index (χ0v) is 12.5. The zero-order valence-electron chi connectivity index (χ0n) is 12.5. The highest BCUT2D eigenvalue weighted by Gasteiger charge is 2.31. The summed E-state index contributed by atoms with van der Waals surface area (Å²) in [7, 11) is 0. The molecule has 1 heterocycles. The molecule has 0 aliphatic heterocycles. The van der Waals surface area contributed by atoms with Crippen LogP contribution in [0.5, 0.6) is 0 Å². The van der Waals surface area contributed by atoms with E-state index >= 15 is 0 Å². The van der Waals surface area contributed by atoms with Crippen LogP contribution < -0.4 is 5.32 Å². The lowest BCUT2D eigenvalue weighted by Gasteiger charge is -2.18. The van der Waals surface area contributed by atoms with Gasteiger partial charge in [0.2, 0.25) is 5.91 Å². The molecule has 4 rings (SSSR count). The van der Waals surface area contributed by atoms with Crippen LogP contribution in [0.15, 0.2) is 54.7 Å². The van der Waals surface area contributed by atoms with Gasteiger partial charge in [0, 0.05) is 11.8 Å². The van der Waals surface area contributed by atoms with Crippen molar-refractivity contribution in [3.63, 3.8) is 0 Å². The maximum Gasteiger partial charge on any atom is 0.242 e. The zero-order chi connectivity index (χ0) is 15.8. The highest BCUT2D eigenvalue weighted by molar-refractivity contribution is 5.82. The van der Waals surface area contributed by atoms with Crippen molar-refractivity contribution < 1.29 is 9.90 Å². The van der Waals surface area contributed by atoms with Crippen LogP contribution in [-0.4, -0.2) is 26.9 Å². The molecule has 5 nitrogen and oxygen atoms in total. The largest absolute Gasteiger partial charge is 0.390 e. The minimum Gasteiger partial charge on any atom is -0.390 e. The van der Waals surface area contributed by atoms with Crippen molar-refractivity contribution in [1.29, 1.82) is 0 Å². The highest BCUT2D eigenvalue weighted by atomic mass is 16.3. The molecule has 0 saturated heterocycles. The Morgan fingerprint density at radius 2 is 2.00 bits per heavy atom. The molecule has 2 aromatic carbocycles. The number of hydrogen-bond donors (Lipinski definition) is 2. The quantitative estimate of drug-likeness (QED) is 0.775. The van der Waals surface area contributed by atoms with Crippen LogP contribution in [0.4, 0.5) is 0 Å². The fourth-order valence-corrected chi connectivity index (χ4v) is 3.25. The lowest BCUT2D eigenvalue weighted by Crippen LogP contribution is -2.36. The van der Waals surface area contributed by atoms with Gasteiger partial charge in [0.05, 0.1) is 23.9 Å². The minimum atomic E-state index is -0.578. The highest BCUT2D eigenvalue weighted by Crippen LogP contribution is 2.31. The van der Waals surface area contributed by atoms with Gasteiger partial charge < -0.3 is 10.4 Å². The van der Waals surface area contributed by atoms with Gasteiger partial charge in [-0.15, -0.1) is 0 Å². The number of fused-ring (bicyclic) bond motifs is 2. The Balaban J connectivity index is 1.52. The van der Waals surface area contributed by atoms with Crippen molar-refractivity contribution in [1.82, 2.24) is 15.1 Å². The number of hydrogen-bond acceptors (Lipinski definition) is 3. The van der Waals surface area contributed by atoms with Gasteiger partial charge in [-0.2, -0.15) is 5.10 Å². The smallest absolute Gasteiger partial charge is 0.242 e. The van der Waals surface area contributed by atoms with Gasteiger partial charge in [-0.05, 0) is 17.2 Å². The van der Waals surface area contributed by atoms with Gasteiger partial charge in [0.1, 0.15) is 6.54 Å². The maximum absolute atomic E-state index is 12.4. The number of para-hydroxylation sites is 1. The number of nitrogens with zero attached hydrogens (tertiary/aromatic N) is 2. The Morgan fingerprint density at radius 3 is 2.91 bits per heavy atom. The van der Waals surface area contributed by atoms with Crippen molar-refractivity contribution >= 4 is 16.8 Å². The molecule has 3 aromatic rings. The molecule has 2 atom stereocenters. The molecule has 1 aliphatic rings. The summed E-state index contributed by atoms with van der Waals surface area (Å²) in [6, 6.07) is 15.3. The minimum absolute atomic E-state index is 0.138. The first kappa shape index (κ1) is 14.0. The van der Waals surface area contributed by atoms with E-state index in [1.165, 1.54) is 0 Å². The number of amides is 1. The molecular formula is C18H17N3O2. The first-order chi connectivity index (χ1) is 11.2. The fourth-order valence-electron chi connectivity index (χ4n) is 3.25. The van der Waals surface area contributed by atoms with Crippen LogP contribution in [0.3, 0.4) is 0 Å². The van der Waals surface area contributed by atoms with Crippen molar-refractivity contribution in [2.75, 3.05) is 0 Å². The predicted molar refractivity (Wildman–Crippen MR) is 86.8 cm³/mol. The number of aliphatic hydroxyl groups excluding tert-OH is 1. The molecule has 1 aromatic heterocycles. The number of rotatable bonds is 3. The van der Waals surface area contributed by atoms with E-state index in [0.717, 1.165) is 22.0 Å². The number of nitrogens with one attached hydrogen (secondary N) is 1. The number of carbonyl (C=O) groups excluding carboxylic acids is 1. The van der Waals surface area contributed by atoms with Crippen LogP contribution in [-0.2, 0) is 17.8 Å². The van der Waals surface area contributed by atoms with Gasteiger partial charge >= 0.3 is 0 Å². The molecular weight excluding hydrogens is 290 g/mol. The molecule has 2 N–H and O–H groups in total. The molecule has 0 saturated carbocycles. The van der Waals surface area contributed by atoms with Crippen LogP contribution in [0, 0.1) is 0 Å². The third-order valence-corrected chi connectivity index (χ3v) is 4.36. The van der Waals surface area contributed by atoms with Crippen LogP contribution in [0.2, 0.25) is 0 Å². The van der Waals surface area contributed by atoms with Crippen molar-refractivity contribution in [2.24, 2.45) is 0 Å². The van der Waals surface area contributed by atoms with Gasteiger partial charge in [0.25, 0.3) is 0 Å². The second-order valence-electron chi connectivity index (χ2n) is 5.88. The third-order valence-electron chi connectivity index (χ3n) is 4.36. The van der Waals surface area contributed by atoms with Crippen LogP contribution in [0.25, 0.3) is 10.9 Å². The van der Waals surface area contributed by atoms with E-state index < -0.39 is 6.10 Å². The Hall–Kier alpha value is -2.66. The van der Waals surface area contributed by atoms with Gasteiger partial charge in [-0.25, -0.2) is 0 Å². The van der Waals surface area contributed by atoms with Crippen molar-refractivity contribution in [3.8, 4) is 0 Å². The second-order valence-corrected chi connectivity index (χ2v) is 5.88. The summed E-state index contributed by atoms with van der Waals surface area (Å²) in [5, 5.41) is 18.4. The van der Waals surface area contributed by atoms with E-state index in [4.69, 9.17) is 0 Å². The van der Waals surface area contributed by atoms with E-state index in [-0.39, 0.29) is 18.5 Å². The van der Waals surface area contributed by atoms with Gasteiger partial charge in [-0.3, -0.25) is 9.48 Å².